The Labute approximate surface area is 130 Å². The number of nitrogen functional groups attached to an aromatic ring is 1. The van der Waals surface area contributed by atoms with Gasteiger partial charge in [0.25, 0.3) is 5.91 Å². The summed E-state index contributed by atoms with van der Waals surface area (Å²) in [6.45, 7) is 3.69. The summed E-state index contributed by atoms with van der Waals surface area (Å²) in [5.74, 6) is 0.900. The number of aryl methyl sites for hydroxylation is 1. The van der Waals surface area contributed by atoms with Gasteiger partial charge in [0, 0.05) is 11.8 Å². The minimum Gasteiger partial charge on any atom is -0.494 e. The van der Waals surface area contributed by atoms with Crippen LogP contribution >= 0.6 is 0 Å². The highest BCUT2D eigenvalue weighted by Gasteiger charge is 2.16. The van der Waals surface area contributed by atoms with Crippen LogP contribution in [-0.2, 0) is 4.79 Å². The smallest absolute Gasteiger partial charge is 0.265 e. The first-order chi connectivity index (χ1) is 10.5. The Morgan fingerprint density at radius 3 is 2.50 bits per heavy atom. The van der Waals surface area contributed by atoms with Crippen LogP contribution in [0.25, 0.3) is 0 Å². The fourth-order valence-corrected chi connectivity index (χ4v) is 1.92. The SMILES string of the molecule is COc1cc(N)ccc1NC(=O)C(C)Oc1ccc(C)cc1. The molecule has 0 heterocycles. The van der Waals surface area contributed by atoms with Crippen LogP contribution in [0.2, 0.25) is 0 Å². The van der Waals surface area contributed by atoms with Gasteiger partial charge in [0.1, 0.15) is 11.5 Å². The number of carbonyl (C=O) groups excluding carboxylic acids is 1. The van der Waals surface area contributed by atoms with E-state index in [0.717, 1.165) is 5.56 Å². The third-order valence-corrected chi connectivity index (χ3v) is 3.19. The Morgan fingerprint density at radius 1 is 1.18 bits per heavy atom. The summed E-state index contributed by atoms with van der Waals surface area (Å²) in [6, 6.07) is 12.6. The quantitative estimate of drug-likeness (QED) is 0.833. The molecule has 0 saturated heterocycles. The molecule has 0 aliphatic carbocycles. The molecule has 116 valence electrons. The van der Waals surface area contributed by atoms with Crippen LogP contribution < -0.4 is 20.5 Å². The molecule has 3 N–H and O–H groups in total. The first-order valence-corrected chi connectivity index (χ1v) is 6.97. The average Bonchev–Trinajstić information content (AvgIpc) is 2.51. The van der Waals surface area contributed by atoms with Crippen molar-refractivity contribution < 1.29 is 14.3 Å². The van der Waals surface area contributed by atoms with Gasteiger partial charge in [-0.3, -0.25) is 4.79 Å². The molecule has 0 aliphatic rings. The number of nitrogens with two attached hydrogens (primary N) is 1. The van der Waals surface area contributed by atoms with Crippen LogP contribution in [0.3, 0.4) is 0 Å². The van der Waals surface area contributed by atoms with Crippen molar-refractivity contribution in [3.63, 3.8) is 0 Å². The standard InChI is InChI=1S/C17H20N2O3/c1-11-4-7-14(8-5-11)22-12(2)17(20)19-15-9-6-13(18)10-16(15)21-3/h4-10,12H,18H2,1-3H3,(H,19,20). The summed E-state index contributed by atoms with van der Waals surface area (Å²) in [5, 5.41) is 2.78. The lowest BCUT2D eigenvalue weighted by Crippen LogP contribution is -2.30. The lowest BCUT2D eigenvalue weighted by atomic mass is 10.2. The number of amides is 1. The van der Waals surface area contributed by atoms with Crippen molar-refractivity contribution in [2.75, 3.05) is 18.2 Å². The van der Waals surface area contributed by atoms with Gasteiger partial charge in [0.2, 0.25) is 0 Å². The predicted molar refractivity (Wildman–Crippen MR) is 87.3 cm³/mol. The van der Waals surface area contributed by atoms with Gasteiger partial charge in [-0.15, -0.1) is 0 Å². The summed E-state index contributed by atoms with van der Waals surface area (Å²) in [5.41, 5.74) is 7.95. The number of benzene rings is 2. The zero-order valence-electron chi connectivity index (χ0n) is 12.9. The van der Waals surface area contributed by atoms with E-state index >= 15 is 0 Å². The van der Waals surface area contributed by atoms with Crippen molar-refractivity contribution >= 4 is 17.3 Å². The molecule has 0 fully saturated rings. The van der Waals surface area contributed by atoms with Gasteiger partial charge in [0.05, 0.1) is 12.8 Å². The van der Waals surface area contributed by atoms with Gasteiger partial charge in [-0.1, -0.05) is 17.7 Å². The van der Waals surface area contributed by atoms with Crippen LogP contribution in [0.5, 0.6) is 11.5 Å². The predicted octanol–water partition coefficient (Wildman–Crippen LogP) is 2.99. The zero-order chi connectivity index (χ0) is 16.1. The highest BCUT2D eigenvalue weighted by atomic mass is 16.5. The number of hydrogen-bond donors (Lipinski definition) is 2. The van der Waals surface area contributed by atoms with Crippen molar-refractivity contribution in [1.29, 1.82) is 0 Å². The van der Waals surface area contributed by atoms with Gasteiger partial charge in [0.15, 0.2) is 6.10 Å². The van der Waals surface area contributed by atoms with E-state index in [9.17, 15) is 4.79 Å². The maximum absolute atomic E-state index is 12.2. The summed E-state index contributed by atoms with van der Waals surface area (Å²) in [4.78, 5) is 12.2. The fourth-order valence-electron chi connectivity index (χ4n) is 1.92. The van der Waals surface area contributed by atoms with Crippen molar-refractivity contribution in [2.24, 2.45) is 0 Å². The molecule has 1 amide bonds. The van der Waals surface area contributed by atoms with Gasteiger partial charge < -0.3 is 20.5 Å². The zero-order valence-corrected chi connectivity index (χ0v) is 12.9. The molecule has 0 saturated carbocycles. The Bertz CT molecular complexity index is 653. The summed E-state index contributed by atoms with van der Waals surface area (Å²) in [7, 11) is 1.52. The van der Waals surface area contributed by atoms with Crippen LogP contribution in [0.4, 0.5) is 11.4 Å². The molecular formula is C17H20N2O3. The van der Waals surface area contributed by atoms with Gasteiger partial charge in [-0.25, -0.2) is 0 Å². The fraction of sp³-hybridized carbons (Fsp3) is 0.235. The molecule has 1 unspecified atom stereocenters. The second kappa shape index (κ2) is 6.85. The Balaban J connectivity index is 2.03. The number of nitrogens with one attached hydrogen (secondary N) is 1. The largest absolute Gasteiger partial charge is 0.494 e. The van der Waals surface area contributed by atoms with Crippen LogP contribution in [0, 0.1) is 6.92 Å². The van der Waals surface area contributed by atoms with Crippen molar-refractivity contribution in [3.05, 3.63) is 48.0 Å². The summed E-state index contributed by atoms with van der Waals surface area (Å²) >= 11 is 0. The summed E-state index contributed by atoms with van der Waals surface area (Å²) < 4.78 is 10.8. The molecular weight excluding hydrogens is 280 g/mol. The Morgan fingerprint density at radius 2 is 1.86 bits per heavy atom. The lowest BCUT2D eigenvalue weighted by Gasteiger charge is -2.16. The molecule has 0 aliphatic heterocycles. The lowest BCUT2D eigenvalue weighted by molar-refractivity contribution is -0.122. The van der Waals surface area contributed by atoms with E-state index in [-0.39, 0.29) is 5.91 Å². The molecule has 0 spiro atoms. The molecule has 2 aromatic rings. The highest BCUT2D eigenvalue weighted by molar-refractivity contribution is 5.95. The highest BCUT2D eigenvalue weighted by Crippen LogP contribution is 2.26. The molecule has 0 bridgehead atoms. The minimum atomic E-state index is -0.634. The van der Waals surface area contributed by atoms with E-state index in [2.05, 4.69) is 5.32 Å². The van der Waals surface area contributed by atoms with Gasteiger partial charge in [-0.2, -0.15) is 0 Å². The van der Waals surface area contributed by atoms with E-state index in [1.165, 1.54) is 7.11 Å². The first kappa shape index (κ1) is 15.7. The van der Waals surface area contributed by atoms with E-state index in [1.54, 1.807) is 25.1 Å². The molecule has 5 nitrogen and oxygen atoms in total. The Hall–Kier alpha value is -2.69. The van der Waals surface area contributed by atoms with Crippen LogP contribution in [0.15, 0.2) is 42.5 Å². The number of carbonyl (C=O) groups is 1. The second-order valence-corrected chi connectivity index (χ2v) is 5.02. The number of hydrogen-bond acceptors (Lipinski definition) is 4. The molecule has 0 aromatic heterocycles. The number of ether oxygens (including phenoxy) is 2. The molecule has 1 atom stereocenters. The number of anilines is 2. The average molecular weight is 300 g/mol. The van der Waals surface area contributed by atoms with E-state index in [0.29, 0.717) is 22.9 Å². The third kappa shape index (κ3) is 3.91. The van der Waals surface area contributed by atoms with Crippen molar-refractivity contribution in [3.8, 4) is 11.5 Å². The second-order valence-electron chi connectivity index (χ2n) is 5.02. The molecule has 2 aromatic carbocycles. The third-order valence-electron chi connectivity index (χ3n) is 3.19. The van der Waals surface area contributed by atoms with Gasteiger partial charge >= 0.3 is 0 Å². The number of methoxy groups -OCH3 is 1. The Kier molecular flexibility index (Phi) is 4.88. The van der Waals surface area contributed by atoms with Crippen molar-refractivity contribution in [2.45, 2.75) is 20.0 Å². The maximum atomic E-state index is 12.2. The van der Waals surface area contributed by atoms with Crippen molar-refractivity contribution in [1.82, 2.24) is 0 Å². The van der Waals surface area contributed by atoms with Gasteiger partial charge in [-0.05, 0) is 38.1 Å². The minimum absolute atomic E-state index is 0.261. The molecule has 22 heavy (non-hydrogen) atoms. The monoisotopic (exact) mass is 300 g/mol. The molecule has 5 heteroatoms. The topological polar surface area (TPSA) is 73.6 Å². The summed E-state index contributed by atoms with van der Waals surface area (Å²) in [6.07, 6.45) is -0.634. The maximum Gasteiger partial charge on any atom is 0.265 e. The number of rotatable bonds is 5. The van der Waals surface area contributed by atoms with Crippen LogP contribution in [-0.4, -0.2) is 19.1 Å². The molecule has 0 radical (unpaired) electrons. The molecule has 2 rings (SSSR count). The van der Waals surface area contributed by atoms with E-state index < -0.39 is 6.10 Å². The van der Waals surface area contributed by atoms with E-state index in [1.807, 2.05) is 31.2 Å². The first-order valence-electron chi connectivity index (χ1n) is 6.97. The van der Waals surface area contributed by atoms with E-state index in [4.69, 9.17) is 15.2 Å². The van der Waals surface area contributed by atoms with Crippen LogP contribution in [0.1, 0.15) is 12.5 Å². The normalized spacial score (nSPS) is 11.6.